The quantitative estimate of drug-likeness (QED) is 0.501. The Bertz CT molecular complexity index is 177. The van der Waals surface area contributed by atoms with Gasteiger partial charge in [0.05, 0.1) is 0 Å². The minimum Gasteiger partial charge on any atom is -0.377 e. The van der Waals surface area contributed by atoms with Crippen molar-refractivity contribution in [1.82, 2.24) is 10.2 Å². The van der Waals surface area contributed by atoms with Crippen LogP contribution in [0.25, 0.3) is 0 Å². The topological polar surface area (TPSA) is 43.0 Å². The lowest BCUT2D eigenvalue weighted by atomic mass is 10.3. The average molecular weight is 248 g/mol. The van der Waals surface area contributed by atoms with Crippen molar-refractivity contribution >= 4 is 8.80 Å². The van der Waals surface area contributed by atoms with Gasteiger partial charge in [-0.1, -0.05) is 0 Å². The molecule has 0 aliphatic carbocycles. The molecule has 1 N–H and O–H groups in total. The lowest BCUT2D eigenvalue weighted by Gasteiger charge is -2.24. The Hall–Kier alpha value is 0.0169. The maximum absolute atomic E-state index is 5.38. The highest BCUT2D eigenvalue weighted by Crippen LogP contribution is 2.16. The molecule has 5 nitrogen and oxygen atoms in total. The fraction of sp³-hybridized carbons (Fsp3) is 1.00. The first-order chi connectivity index (χ1) is 7.76. The minimum absolute atomic E-state index is 0.901. The average Bonchev–Trinajstić information content (AvgIpc) is 2.83. The Kier molecular flexibility index (Phi) is 6.48. The molecule has 0 bridgehead atoms. The fourth-order valence-corrected chi connectivity index (χ4v) is 3.77. The highest BCUT2D eigenvalue weighted by atomic mass is 28.4. The summed E-state index contributed by atoms with van der Waals surface area (Å²) in [6.45, 7) is 4.46. The van der Waals surface area contributed by atoms with Gasteiger partial charge < -0.3 is 18.6 Å². The molecule has 0 aromatic carbocycles. The summed E-state index contributed by atoms with van der Waals surface area (Å²) in [6.07, 6.45) is 2.27. The first-order valence-electron chi connectivity index (χ1n) is 5.85. The van der Waals surface area contributed by atoms with Crippen molar-refractivity contribution in [3.63, 3.8) is 0 Å². The Labute approximate surface area is 99.4 Å². The fourth-order valence-electron chi connectivity index (χ4n) is 1.98. The van der Waals surface area contributed by atoms with Crippen LogP contribution in [0.4, 0.5) is 0 Å². The molecule has 0 saturated carbocycles. The Morgan fingerprint density at radius 1 is 1.12 bits per heavy atom. The van der Waals surface area contributed by atoms with E-state index in [2.05, 4.69) is 10.2 Å². The third-order valence-corrected chi connectivity index (χ3v) is 5.91. The van der Waals surface area contributed by atoms with Gasteiger partial charge in [0.15, 0.2) is 0 Å². The summed E-state index contributed by atoms with van der Waals surface area (Å²) >= 11 is 0. The van der Waals surface area contributed by atoms with E-state index in [4.69, 9.17) is 13.3 Å². The molecule has 0 aromatic heterocycles. The highest BCUT2D eigenvalue weighted by Gasteiger charge is 2.36. The van der Waals surface area contributed by atoms with Crippen LogP contribution < -0.4 is 5.32 Å². The minimum atomic E-state index is -2.33. The van der Waals surface area contributed by atoms with Crippen LogP contribution in [0, 0.1) is 0 Å². The van der Waals surface area contributed by atoms with Crippen molar-refractivity contribution in [2.45, 2.75) is 18.9 Å². The van der Waals surface area contributed by atoms with Crippen molar-refractivity contribution in [3.8, 4) is 0 Å². The van der Waals surface area contributed by atoms with Crippen LogP contribution in [0.1, 0.15) is 12.8 Å². The van der Waals surface area contributed by atoms with Crippen molar-refractivity contribution in [1.29, 1.82) is 0 Å². The van der Waals surface area contributed by atoms with E-state index in [1.165, 1.54) is 13.0 Å². The maximum Gasteiger partial charge on any atom is 0.500 e. The summed E-state index contributed by atoms with van der Waals surface area (Å²) in [5.74, 6) is 0. The summed E-state index contributed by atoms with van der Waals surface area (Å²) in [4.78, 5) is 2.43. The number of nitrogens with one attached hydrogen (secondary N) is 1. The molecule has 1 fully saturated rings. The van der Waals surface area contributed by atoms with Crippen LogP contribution in [0.15, 0.2) is 0 Å². The molecule has 0 unspecified atom stereocenters. The van der Waals surface area contributed by atoms with E-state index in [0.29, 0.717) is 0 Å². The lowest BCUT2D eigenvalue weighted by molar-refractivity contribution is 0.122. The summed E-state index contributed by atoms with van der Waals surface area (Å²) in [7, 11) is 2.68. The van der Waals surface area contributed by atoms with Crippen LogP contribution in [0.3, 0.4) is 0 Å². The van der Waals surface area contributed by atoms with Crippen molar-refractivity contribution < 1.29 is 13.3 Å². The van der Waals surface area contributed by atoms with Gasteiger partial charge in [0.1, 0.15) is 0 Å². The van der Waals surface area contributed by atoms with E-state index in [9.17, 15) is 0 Å². The molecule has 1 aliphatic rings. The molecule has 16 heavy (non-hydrogen) atoms. The van der Waals surface area contributed by atoms with Gasteiger partial charge >= 0.3 is 8.80 Å². The molecule has 6 heteroatoms. The van der Waals surface area contributed by atoms with Gasteiger partial charge in [-0.3, -0.25) is 4.90 Å². The zero-order valence-electron chi connectivity index (χ0n) is 10.6. The smallest absolute Gasteiger partial charge is 0.377 e. The summed E-state index contributed by atoms with van der Waals surface area (Å²) in [5, 5.41) is 3.32. The molecule has 1 saturated heterocycles. The molecule has 1 aliphatic heterocycles. The normalized spacial score (nSPS) is 18.2. The van der Waals surface area contributed by atoms with Gasteiger partial charge in [0.25, 0.3) is 0 Å². The number of rotatable bonds is 8. The SMILES string of the molecule is CO[Si](CCCCN1CCNC1)(OC)OC. The summed E-state index contributed by atoms with van der Waals surface area (Å²) < 4.78 is 16.1. The predicted molar refractivity (Wildman–Crippen MR) is 65.3 cm³/mol. The van der Waals surface area contributed by atoms with Gasteiger partial charge in [-0.15, -0.1) is 0 Å². The standard InChI is InChI=1S/C10H24N2O3Si/c1-13-16(14-2,15-3)9-5-4-7-12-8-6-11-10-12/h11H,4-10H2,1-3H3. The van der Waals surface area contributed by atoms with E-state index in [0.717, 1.165) is 32.2 Å². The second-order valence-electron chi connectivity index (χ2n) is 4.03. The molecular weight excluding hydrogens is 224 g/mol. The molecule has 1 heterocycles. The monoisotopic (exact) mass is 248 g/mol. The molecule has 1 rings (SSSR count). The molecule has 0 atom stereocenters. The number of hydrogen-bond donors (Lipinski definition) is 1. The second kappa shape index (κ2) is 7.36. The molecule has 0 spiro atoms. The van der Waals surface area contributed by atoms with Gasteiger partial charge in [0.2, 0.25) is 0 Å². The van der Waals surface area contributed by atoms with Crippen LogP contribution in [-0.2, 0) is 13.3 Å². The van der Waals surface area contributed by atoms with Crippen LogP contribution in [-0.4, -0.2) is 61.3 Å². The number of hydrogen-bond acceptors (Lipinski definition) is 5. The van der Waals surface area contributed by atoms with E-state index < -0.39 is 8.80 Å². The first-order valence-corrected chi connectivity index (χ1v) is 7.78. The maximum atomic E-state index is 5.38. The largest absolute Gasteiger partial charge is 0.500 e. The number of nitrogens with zero attached hydrogens (tertiary/aromatic N) is 1. The van der Waals surface area contributed by atoms with Crippen molar-refractivity contribution in [2.75, 3.05) is 47.6 Å². The Morgan fingerprint density at radius 2 is 1.81 bits per heavy atom. The van der Waals surface area contributed by atoms with Gasteiger partial charge in [-0.05, 0) is 19.4 Å². The second-order valence-corrected chi connectivity index (χ2v) is 7.12. The molecular formula is C10H24N2O3Si. The van der Waals surface area contributed by atoms with Crippen LogP contribution in [0.5, 0.6) is 0 Å². The summed E-state index contributed by atoms with van der Waals surface area (Å²) in [5.41, 5.74) is 0. The van der Waals surface area contributed by atoms with Crippen LogP contribution in [0.2, 0.25) is 6.04 Å². The van der Waals surface area contributed by atoms with Gasteiger partial charge in [-0.25, -0.2) is 0 Å². The highest BCUT2D eigenvalue weighted by molar-refractivity contribution is 6.60. The first kappa shape index (κ1) is 14.1. The van der Waals surface area contributed by atoms with E-state index in [1.807, 2.05) is 0 Å². The Morgan fingerprint density at radius 3 is 2.31 bits per heavy atom. The lowest BCUT2D eigenvalue weighted by Crippen LogP contribution is -2.42. The number of unbranched alkanes of at least 4 members (excludes halogenated alkanes) is 1. The van der Waals surface area contributed by atoms with Crippen LogP contribution >= 0.6 is 0 Å². The molecule has 0 radical (unpaired) electrons. The molecule has 96 valence electrons. The van der Waals surface area contributed by atoms with Gasteiger partial charge in [-0.2, -0.15) is 0 Å². The third kappa shape index (κ3) is 4.12. The zero-order valence-corrected chi connectivity index (χ0v) is 11.6. The molecule has 0 aromatic rings. The summed E-state index contributed by atoms with van der Waals surface area (Å²) in [6, 6.07) is 0.901. The van der Waals surface area contributed by atoms with Crippen molar-refractivity contribution in [2.24, 2.45) is 0 Å². The van der Waals surface area contributed by atoms with Gasteiger partial charge in [0, 0.05) is 47.1 Å². The van der Waals surface area contributed by atoms with E-state index >= 15 is 0 Å². The zero-order chi connectivity index (χ0) is 11.9. The molecule has 0 amide bonds. The Balaban J connectivity index is 2.12. The predicted octanol–water partition coefficient (Wildman–Crippen LogP) is 0.507. The third-order valence-electron chi connectivity index (χ3n) is 3.08. The van der Waals surface area contributed by atoms with E-state index in [-0.39, 0.29) is 0 Å². The van der Waals surface area contributed by atoms with Crippen molar-refractivity contribution in [3.05, 3.63) is 0 Å². The van der Waals surface area contributed by atoms with E-state index in [1.54, 1.807) is 21.3 Å².